The lowest BCUT2D eigenvalue weighted by atomic mass is 10.2. The average Bonchev–Trinajstić information content (AvgIpc) is 2.38. The van der Waals surface area contributed by atoms with Crippen molar-refractivity contribution >= 4 is 12.0 Å². The van der Waals surface area contributed by atoms with E-state index in [4.69, 9.17) is 10.2 Å². The van der Waals surface area contributed by atoms with Crippen molar-refractivity contribution in [2.45, 2.75) is 32.8 Å². The van der Waals surface area contributed by atoms with Gasteiger partial charge in [-0.2, -0.15) is 0 Å². The van der Waals surface area contributed by atoms with Crippen molar-refractivity contribution in [3.8, 4) is 0 Å². The molecule has 0 bridgehead atoms. The summed E-state index contributed by atoms with van der Waals surface area (Å²) in [6, 6.07) is -0.336. The fourth-order valence-electron chi connectivity index (χ4n) is 1.55. The lowest BCUT2D eigenvalue weighted by molar-refractivity contribution is -0.146. The number of nitrogens with one attached hydrogen (secondary N) is 2. The first-order valence-electron chi connectivity index (χ1n) is 6.66. The van der Waals surface area contributed by atoms with Crippen LogP contribution in [0.15, 0.2) is 0 Å². The number of aliphatic hydroxyl groups is 1. The van der Waals surface area contributed by atoms with Gasteiger partial charge in [-0.05, 0) is 26.1 Å². The summed E-state index contributed by atoms with van der Waals surface area (Å²) in [5, 5.41) is 22.6. The molecule has 1 atom stereocenters. The molecule has 7 nitrogen and oxygen atoms in total. The number of carbonyl (C=O) groups excluding carboxylic acids is 1. The lowest BCUT2D eigenvalue weighted by Crippen LogP contribution is -2.39. The van der Waals surface area contributed by atoms with Crippen LogP contribution in [-0.2, 0) is 4.79 Å². The van der Waals surface area contributed by atoms with E-state index in [1.165, 1.54) is 0 Å². The molecule has 4 N–H and O–H groups in total. The smallest absolute Gasteiger partial charge is 0.332 e. The van der Waals surface area contributed by atoms with Crippen molar-refractivity contribution in [3.63, 3.8) is 0 Å². The Morgan fingerprint density at radius 3 is 2.26 bits per heavy atom. The summed E-state index contributed by atoms with van der Waals surface area (Å²) in [6.45, 7) is 7.82. The van der Waals surface area contributed by atoms with E-state index in [-0.39, 0.29) is 19.0 Å². The van der Waals surface area contributed by atoms with Crippen molar-refractivity contribution in [1.82, 2.24) is 15.5 Å². The number of rotatable bonds is 10. The van der Waals surface area contributed by atoms with E-state index in [0.29, 0.717) is 6.54 Å². The van der Waals surface area contributed by atoms with E-state index < -0.39 is 12.1 Å². The fraction of sp³-hybridized carbons (Fsp3) is 0.833. The number of urea groups is 1. The Morgan fingerprint density at radius 2 is 1.74 bits per heavy atom. The van der Waals surface area contributed by atoms with Gasteiger partial charge >= 0.3 is 12.0 Å². The molecule has 0 fully saturated rings. The van der Waals surface area contributed by atoms with Crippen LogP contribution < -0.4 is 10.6 Å². The van der Waals surface area contributed by atoms with Crippen LogP contribution in [0.2, 0.25) is 0 Å². The second kappa shape index (κ2) is 10.6. The number of carboxylic acids is 1. The summed E-state index contributed by atoms with van der Waals surface area (Å²) < 4.78 is 0. The van der Waals surface area contributed by atoms with Crippen LogP contribution in [0.5, 0.6) is 0 Å². The second-order valence-corrected chi connectivity index (χ2v) is 4.21. The first-order valence-corrected chi connectivity index (χ1v) is 6.66. The number of carboxylic acid groups (broad SMARTS) is 1. The topological polar surface area (TPSA) is 102 Å². The zero-order chi connectivity index (χ0) is 14.7. The number of nitrogens with zero attached hydrogens (tertiary/aromatic N) is 1. The number of carbonyl (C=O) groups is 2. The highest BCUT2D eigenvalue weighted by atomic mass is 16.4. The monoisotopic (exact) mass is 275 g/mol. The van der Waals surface area contributed by atoms with Gasteiger partial charge in [0.15, 0.2) is 6.10 Å². The van der Waals surface area contributed by atoms with E-state index >= 15 is 0 Å². The van der Waals surface area contributed by atoms with Gasteiger partial charge in [0.1, 0.15) is 0 Å². The van der Waals surface area contributed by atoms with Crippen molar-refractivity contribution < 1.29 is 19.8 Å². The van der Waals surface area contributed by atoms with Crippen molar-refractivity contribution in [1.29, 1.82) is 0 Å². The number of aliphatic carboxylic acids is 1. The van der Waals surface area contributed by atoms with Gasteiger partial charge in [0.2, 0.25) is 0 Å². The Labute approximate surface area is 114 Å². The number of aliphatic hydroxyl groups excluding tert-OH is 1. The van der Waals surface area contributed by atoms with E-state index in [2.05, 4.69) is 29.4 Å². The first kappa shape index (κ1) is 17.7. The molecular formula is C12H25N3O4. The molecule has 0 saturated heterocycles. The molecule has 0 rings (SSSR count). The van der Waals surface area contributed by atoms with Crippen molar-refractivity contribution in [2.75, 3.05) is 32.7 Å². The normalized spacial score (nSPS) is 12.2. The van der Waals surface area contributed by atoms with Crippen LogP contribution in [0.4, 0.5) is 4.79 Å². The van der Waals surface area contributed by atoms with Gasteiger partial charge < -0.3 is 25.7 Å². The number of hydrogen-bond acceptors (Lipinski definition) is 4. The molecule has 0 aliphatic carbocycles. The molecule has 0 aromatic rings. The van der Waals surface area contributed by atoms with E-state index in [1.807, 2.05) is 0 Å². The minimum atomic E-state index is -1.43. The Balaban J connectivity index is 3.52. The third-order valence-electron chi connectivity index (χ3n) is 2.82. The average molecular weight is 275 g/mol. The second-order valence-electron chi connectivity index (χ2n) is 4.21. The van der Waals surface area contributed by atoms with Crippen LogP contribution in [0, 0.1) is 0 Å². The van der Waals surface area contributed by atoms with Crippen molar-refractivity contribution in [2.24, 2.45) is 0 Å². The van der Waals surface area contributed by atoms with Crippen LogP contribution >= 0.6 is 0 Å². The molecular weight excluding hydrogens is 250 g/mol. The molecule has 2 amide bonds. The van der Waals surface area contributed by atoms with Crippen LogP contribution in [0.1, 0.15) is 26.7 Å². The van der Waals surface area contributed by atoms with Gasteiger partial charge in [-0.25, -0.2) is 9.59 Å². The first-order chi connectivity index (χ1) is 9.01. The van der Waals surface area contributed by atoms with E-state index in [1.54, 1.807) is 0 Å². The molecule has 0 saturated carbocycles. The van der Waals surface area contributed by atoms with Gasteiger partial charge in [-0.1, -0.05) is 13.8 Å². The molecule has 1 unspecified atom stereocenters. The van der Waals surface area contributed by atoms with Crippen molar-refractivity contribution in [3.05, 3.63) is 0 Å². The maximum atomic E-state index is 11.3. The minimum Gasteiger partial charge on any atom is -0.479 e. The highest BCUT2D eigenvalue weighted by molar-refractivity contribution is 5.74. The van der Waals surface area contributed by atoms with E-state index in [9.17, 15) is 9.59 Å². The Hall–Kier alpha value is -1.34. The summed E-state index contributed by atoms with van der Waals surface area (Å²) in [4.78, 5) is 23.9. The molecule has 0 radical (unpaired) electrons. The maximum Gasteiger partial charge on any atom is 0.332 e. The Morgan fingerprint density at radius 1 is 1.16 bits per heavy atom. The zero-order valence-electron chi connectivity index (χ0n) is 11.7. The Kier molecular flexibility index (Phi) is 9.82. The fourth-order valence-corrected chi connectivity index (χ4v) is 1.55. The predicted octanol–water partition coefficient (Wildman–Crippen LogP) is -0.147. The van der Waals surface area contributed by atoms with Gasteiger partial charge in [-0.15, -0.1) is 0 Å². The largest absolute Gasteiger partial charge is 0.479 e. The minimum absolute atomic E-state index is 0.00218. The molecule has 19 heavy (non-hydrogen) atoms. The molecule has 0 aromatic heterocycles. The van der Waals surface area contributed by atoms with Gasteiger partial charge in [0.25, 0.3) is 0 Å². The van der Waals surface area contributed by atoms with Crippen LogP contribution in [-0.4, -0.2) is 65.9 Å². The quantitative estimate of drug-likeness (QED) is 0.415. The molecule has 7 heteroatoms. The van der Waals surface area contributed by atoms with Crippen LogP contribution in [0.3, 0.4) is 0 Å². The summed E-state index contributed by atoms with van der Waals surface area (Å²) in [6.07, 6.45) is -0.558. The molecule has 0 spiro atoms. The number of hydrogen-bond donors (Lipinski definition) is 4. The molecule has 0 aliphatic heterocycles. The number of amides is 2. The van der Waals surface area contributed by atoms with E-state index in [0.717, 1.165) is 26.1 Å². The molecule has 0 heterocycles. The standard InChI is InChI=1S/C12H25N3O4/c1-3-15(4-2)9-5-7-13-12(19)14-8-6-10(16)11(17)18/h10,16H,3-9H2,1-2H3,(H,17,18)(H2,13,14,19). The summed E-state index contributed by atoms with van der Waals surface area (Å²) >= 11 is 0. The van der Waals surface area contributed by atoms with Gasteiger partial charge in [0, 0.05) is 19.5 Å². The highest BCUT2D eigenvalue weighted by Crippen LogP contribution is 1.90. The Bertz CT molecular complexity index is 270. The predicted molar refractivity (Wildman–Crippen MR) is 72.1 cm³/mol. The van der Waals surface area contributed by atoms with Gasteiger partial charge in [0.05, 0.1) is 0 Å². The molecule has 0 aromatic carbocycles. The third kappa shape index (κ3) is 9.26. The van der Waals surface area contributed by atoms with Gasteiger partial charge in [-0.3, -0.25) is 0 Å². The SMILES string of the molecule is CCN(CC)CCCNC(=O)NCCC(O)C(=O)O. The third-order valence-corrected chi connectivity index (χ3v) is 2.82. The summed E-state index contributed by atoms with van der Waals surface area (Å²) in [5.74, 6) is -1.28. The highest BCUT2D eigenvalue weighted by Gasteiger charge is 2.12. The zero-order valence-corrected chi connectivity index (χ0v) is 11.7. The molecule has 112 valence electrons. The maximum absolute atomic E-state index is 11.3. The molecule has 0 aliphatic rings. The summed E-state index contributed by atoms with van der Waals surface area (Å²) in [7, 11) is 0. The summed E-state index contributed by atoms with van der Waals surface area (Å²) in [5.41, 5.74) is 0. The lowest BCUT2D eigenvalue weighted by Gasteiger charge is -2.17. The van der Waals surface area contributed by atoms with Crippen LogP contribution in [0.25, 0.3) is 0 Å².